The van der Waals surface area contributed by atoms with Crippen LogP contribution in [0.5, 0.6) is 0 Å². The number of para-hydroxylation sites is 1. The smallest absolute Gasteiger partial charge is 0.274 e. The van der Waals surface area contributed by atoms with Gasteiger partial charge in [0.25, 0.3) is 5.91 Å². The van der Waals surface area contributed by atoms with Crippen LogP contribution in [0.2, 0.25) is 10.0 Å². The molecule has 2 aromatic carbocycles. The number of likely N-dealkylation sites (tertiary alicyclic amines) is 1. The molecule has 0 unspecified atom stereocenters. The van der Waals surface area contributed by atoms with Crippen molar-refractivity contribution in [1.82, 2.24) is 9.88 Å². The molecule has 3 aromatic rings. The Morgan fingerprint density at radius 2 is 1.90 bits per heavy atom. The first kappa shape index (κ1) is 20.7. The summed E-state index contributed by atoms with van der Waals surface area (Å²) in [6.07, 6.45) is 1.39. The third kappa shape index (κ3) is 4.43. The second-order valence-corrected chi connectivity index (χ2v) is 8.42. The second kappa shape index (κ2) is 9.04. The first-order chi connectivity index (χ1) is 14.5. The Labute approximate surface area is 187 Å². The van der Waals surface area contributed by atoms with Gasteiger partial charge in [0.15, 0.2) is 5.13 Å². The van der Waals surface area contributed by atoms with Crippen molar-refractivity contribution >= 4 is 62.9 Å². The van der Waals surface area contributed by atoms with Crippen LogP contribution in [0.3, 0.4) is 0 Å². The Morgan fingerprint density at radius 1 is 1.10 bits per heavy atom. The molecule has 0 bridgehead atoms. The molecule has 2 amide bonds. The minimum absolute atomic E-state index is 0.189. The van der Waals surface area contributed by atoms with Gasteiger partial charge < -0.3 is 15.5 Å². The number of thiazole rings is 1. The standard InChI is InChI=1S/C21H18Cl2N4O2S/c22-14-8-4-9-15(18(14)23)25-21-26-16(12-30-21)20(29)27-11-5-10-17(27)19(28)24-13-6-2-1-3-7-13/h1-4,6-9,12,17H,5,10-11H2,(H,24,28)(H,25,26)/t17-/m0/s1. The summed E-state index contributed by atoms with van der Waals surface area (Å²) in [6.45, 7) is 0.520. The Kier molecular flexibility index (Phi) is 6.22. The van der Waals surface area contributed by atoms with Crippen LogP contribution in [-0.2, 0) is 4.79 Å². The van der Waals surface area contributed by atoms with Crippen LogP contribution >= 0.6 is 34.5 Å². The van der Waals surface area contributed by atoms with Crippen molar-refractivity contribution in [2.24, 2.45) is 0 Å². The van der Waals surface area contributed by atoms with Gasteiger partial charge in [0.2, 0.25) is 5.91 Å². The largest absolute Gasteiger partial charge is 0.330 e. The van der Waals surface area contributed by atoms with Gasteiger partial charge in [-0.15, -0.1) is 11.3 Å². The maximum Gasteiger partial charge on any atom is 0.274 e. The van der Waals surface area contributed by atoms with Crippen LogP contribution in [-0.4, -0.2) is 34.3 Å². The minimum atomic E-state index is -0.516. The molecule has 4 rings (SSSR count). The number of aromatic nitrogens is 1. The molecule has 1 aromatic heterocycles. The summed E-state index contributed by atoms with van der Waals surface area (Å²) < 4.78 is 0. The normalized spacial score (nSPS) is 15.8. The van der Waals surface area contributed by atoms with Crippen molar-refractivity contribution in [2.75, 3.05) is 17.2 Å². The molecular weight excluding hydrogens is 443 g/mol. The van der Waals surface area contributed by atoms with Crippen LogP contribution in [0, 0.1) is 0 Å². The van der Waals surface area contributed by atoms with Crippen LogP contribution in [0.1, 0.15) is 23.3 Å². The molecule has 0 spiro atoms. The van der Waals surface area contributed by atoms with Gasteiger partial charge in [0.1, 0.15) is 11.7 Å². The van der Waals surface area contributed by atoms with Gasteiger partial charge in [-0.3, -0.25) is 9.59 Å². The van der Waals surface area contributed by atoms with Crippen molar-refractivity contribution in [3.05, 3.63) is 69.7 Å². The Bertz CT molecular complexity index is 1070. The number of nitrogens with zero attached hydrogens (tertiary/aromatic N) is 2. The molecule has 0 aliphatic carbocycles. The molecule has 30 heavy (non-hydrogen) atoms. The van der Waals surface area contributed by atoms with Crippen molar-refractivity contribution in [3.8, 4) is 0 Å². The lowest BCUT2D eigenvalue weighted by Crippen LogP contribution is -2.43. The molecule has 2 heterocycles. The second-order valence-electron chi connectivity index (χ2n) is 6.78. The lowest BCUT2D eigenvalue weighted by molar-refractivity contribution is -0.119. The quantitative estimate of drug-likeness (QED) is 0.531. The lowest BCUT2D eigenvalue weighted by atomic mass is 10.2. The molecule has 0 radical (unpaired) electrons. The van der Waals surface area contributed by atoms with Gasteiger partial charge >= 0.3 is 0 Å². The third-order valence-electron chi connectivity index (χ3n) is 4.77. The zero-order chi connectivity index (χ0) is 21.1. The van der Waals surface area contributed by atoms with Gasteiger partial charge in [-0.05, 0) is 37.1 Å². The number of nitrogens with one attached hydrogen (secondary N) is 2. The van der Waals surface area contributed by atoms with E-state index in [4.69, 9.17) is 23.2 Å². The number of hydrogen-bond acceptors (Lipinski definition) is 5. The highest BCUT2D eigenvalue weighted by atomic mass is 35.5. The van der Waals surface area contributed by atoms with E-state index in [0.29, 0.717) is 45.2 Å². The van der Waals surface area contributed by atoms with E-state index in [1.165, 1.54) is 11.3 Å². The number of benzene rings is 2. The number of amides is 2. The minimum Gasteiger partial charge on any atom is -0.330 e. The van der Waals surface area contributed by atoms with Crippen LogP contribution in [0.25, 0.3) is 0 Å². The lowest BCUT2D eigenvalue weighted by Gasteiger charge is -2.23. The Morgan fingerprint density at radius 3 is 2.70 bits per heavy atom. The predicted octanol–water partition coefficient (Wildman–Crippen LogP) is 5.44. The molecule has 1 atom stereocenters. The van der Waals surface area contributed by atoms with E-state index in [1.807, 2.05) is 30.3 Å². The topological polar surface area (TPSA) is 74.3 Å². The number of halogens is 2. The molecular formula is C21H18Cl2N4O2S. The average Bonchev–Trinajstić information content (AvgIpc) is 3.42. The van der Waals surface area contributed by atoms with Gasteiger partial charge in [-0.1, -0.05) is 47.5 Å². The summed E-state index contributed by atoms with van der Waals surface area (Å²) in [6, 6.07) is 13.9. The molecule has 6 nitrogen and oxygen atoms in total. The van der Waals surface area contributed by atoms with Crippen molar-refractivity contribution in [3.63, 3.8) is 0 Å². The zero-order valence-electron chi connectivity index (χ0n) is 15.8. The number of carbonyl (C=O) groups is 2. The summed E-state index contributed by atoms with van der Waals surface area (Å²) in [5, 5.41) is 8.98. The van der Waals surface area contributed by atoms with Gasteiger partial charge in [0, 0.05) is 17.6 Å². The van der Waals surface area contributed by atoms with Crippen LogP contribution < -0.4 is 10.6 Å². The summed E-state index contributed by atoms with van der Waals surface area (Å²) in [5.41, 5.74) is 1.61. The maximum absolute atomic E-state index is 13.0. The number of anilines is 3. The first-order valence-corrected chi connectivity index (χ1v) is 11.0. The first-order valence-electron chi connectivity index (χ1n) is 9.36. The van der Waals surface area contributed by atoms with Gasteiger partial charge in [-0.25, -0.2) is 4.98 Å². The molecule has 154 valence electrons. The van der Waals surface area contributed by atoms with Gasteiger partial charge in [-0.2, -0.15) is 0 Å². The van der Waals surface area contributed by atoms with E-state index in [9.17, 15) is 9.59 Å². The van der Waals surface area contributed by atoms with Crippen LogP contribution in [0.15, 0.2) is 53.9 Å². The highest BCUT2D eigenvalue weighted by molar-refractivity contribution is 7.14. The number of hydrogen-bond donors (Lipinski definition) is 2. The van der Waals surface area contributed by atoms with Crippen molar-refractivity contribution < 1.29 is 9.59 Å². The molecule has 1 fully saturated rings. The molecule has 2 N–H and O–H groups in total. The van der Waals surface area contributed by atoms with Crippen molar-refractivity contribution in [2.45, 2.75) is 18.9 Å². The van der Waals surface area contributed by atoms with E-state index in [2.05, 4.69) is 15.6 Å². The number of rotatable bonds is 5. The van der Waals surface area contributed by atoms with E-state index < -0.39 is 6.04 Å². The number of carbonyl (C=O) groups excluding carboxylic acids is 2. The van der Waals surface area contributed by atoms with E-state index in [0.717, 1.165) is 6.42 Å². The third-order valence-corrected chi connectivity index (χ3v) is 6.35. The summed E-state index contributed by atoms with van der Waals surface area (Å²) in [7, 11) is 0. The Balaban J connectivity index is 1.46. The maximum atomic E-state index is 13.0. The molecule has 1 saturated heterocycles. The van der Waals surface area contributed by atoms with Crippen molar-refractivity contribution in [1.29, 1.82) is 0 Å². The van der Waals surface area contributed by atoms with Crippen LogP contribution in [0.4, 0.5) is 16.5 Å². The van der Waals surface area contributed by atoms with E-state index in [1.54, 1.807) is 28.5 Å². The zero-order valence-corrected chi connectivity index (χ0v) is 18.1. The molecule has 9 heteroatoms. The fraction of sp³-hybridized carbons (Fsp3) is 0.190. The van der Waals surface area contributed by atoms with E-state index in [-0.39, 0.29) is 11.8 Å². The van der Waals surface area contributed by atoms with E-state index >= 15 is 0 Å². The van der Waals surface area contributed by atoms with Gasteiger partial charge in [0.05, 0.1) is 15.7 Å². The summed E-state index contributed by atoms with van der Waals surface area (Å²) in [5.74, 6) is -0.450. The fourth-order valence-corrected chi connectivity index (χ4v) is 4.37. The summed E-state index contributed by atoms with van der Waals surface area (Å²) >= 11 is 13.5. The Hall–Kier alpha value is -2.61. The predicted molar refractivity (Wildman–Crippen MR) is 121 cm³/mol. The fourth-order valence-electron chi connectivity index (χ4n) is 3.32. The SMILES string of the molecule is O=C(Nc1ccccc1)[C@@H]1CCCN1C(=O)c1csc(Nc2cccc(Cl)c2Cl)n1. The molecule has 1 aliphatic rings. The molecule has 1 aliphatic heterocycles. The monoisotopic (exact) mass is 460 g/mol. The summed E-state index contributed by atoms with van der Waals surface area (Å²) in [4.78, 5) is 31.7. The highest BCUT2D eigenvalue weighted by Crippen LogP contribution is 2.33. The molecule has 0 saturated carbocycles. The highest BCUT2D eigenvalue weighted by Gasteiger charge is 2.35. The average molecular weight is 461 g/mol.